The van der Waals surface area contributed by atoms with Gasteiger partial charge in [0.1, 0.15) is 5.15 Å². The van der Waals surface area contributed by atoms with Crippen molar-refractivity contribution in [2.24, 2.45) is 0 Å². The fourth-order valence-corrected chi connectivity index (χ4v) is 0.958. The molecule has 1 aromatic heterocycles. The molecule has 0 aliphatic rings. The number of nitrogens with zero attached hydrogens (tertiary/aromatic N) is 1. The summed E-state index contributed by atoms with van der Waals surface area (Å²) in [5.74, 6) is -0.216. The van der Waals surface area contributed by atoms with E-state index in [1.54, 1.807) is 18.3 Å². The van der Waals surface area contributed by atoms with Crippen molar-refractivity contribution in [3.8, 4) is 0 Å². The average Bonchev–Trinajstić information content (AvgIpc) is 2.09. The van der Waals surface area contributed by atoms with Crippen LogP contribution in [-0.2, 0) is 16.1 Å². The molecular formula is C8H9ClN2O2. The summed E-state index contributed by atoms with van der Waals surface area (Å²) in [5.41, 5.74) is 3.00. The van der Waals surface area contributed by atoms with Gasteiger partial charge >= 0.3 is 0 Å². The topological polar surface area (TPSA) is 51.2 Å². The summed E-state index contributed by atoms with van der Waals surface area (Å²) in [5, 5.41) is 0.413. The van der Waals surface area contributed by atoms with Gasteiger partial charge in [0, 0.05) is 6.20 Å². The van der Waals surface area contributed by atoms with E-state index in [-0.39, 0.29) is 12.3 Å². The van der Waals surface area contributed by atoms with Gasteiger partial charge < -0.3 is 0 Å². The summed E-state index contributed by atoms with van der Waals surface area (Å²) in [7, 11) is 1.39. The molecule has 0 atom stereocenters. The molecule has 0 saturated heterocycles. The third-order valence-electron chi connectivity index (χ3n) is 1.37. The lowest BCUT2D eigenvalue weighted by atomic mass is 10.2. The second-order valence-electron chi connectivity index (χ2n) is 2.40. The van der Waals surface area contributed by atoms with Crippen LogP contribution in [0.4, 0.5) is 0 Å². The van der Waals surface area contributed by atoms with Crippen molar-refractivity contribution in [2.45, 2.75) is 6.42 Å². The Bertz CT molecular complexity index is 287. The lowest BCUT2D eigenvalue weighted by molar-refractivity contribution is -0.130. The fourth-order valence-electron chi connectivity index (χ4n) is 0.846. The third-order valence-corrected chi connectivity index (χ3v) is 1.59. The van der Waals surface area contributed by atoms with E-state index >= 15 is 0 Å². The SMILES string of the molecule is CONC(=O)Cc1ccc(Cl)nc1. The highest BCUT2D eigenvalue weighted by molar-refractivity contribution is 6.29. The molecule has 1 rings (SSSR count). The molecule has 0 fully saturated rings. The molecule has 13 heavy (non-hydrogen) atoms. The van der Waals surface area contributed by atoms with E-state index in [9.17, 15) is 4.79 Å². The molecule has 5 heteroatoms. The van der Waals surface area contributed by atoms with Crippen LogP contribution in [0.25, 0.3) is 0 Å². The lowest BCUT2D eigenvalue weighted by Gasteiger charge is -2.01. The summed E-state index contributed by atoms with van der Waals surface area (Å²) in [6.07, 6.45) is 1.79. The van der Waals surface area contributed by atoms with Crippen molar-refractivity contribution < 1.29 is 9.63 Å². The number of carbonyl (C=O) groups is 1. The number of hydrogen-bond donors (Lipinski definition) is 1. The van der Waals surface area contributed by atoms with Gasteiger partial charge in [-0.1, -0.05) is 17.7 Å². The molecule has 0 aliphatic carbocycles. The average molecular weight is 201 g/mol. The van der Waals surface area contributed by atoms with Crippen LogP contribution < -0.4 is 5.48 Å². The molecule has 1 amide bonds. The highest BCUT2D eigenvalue weighted by atomic mass is 35.5. The van der Waals surface area contributed by atoms with Crippen LogP contribution >= 0.6 is 11.6 Å². The molecule has 0 unspecified atom stereocenters. The highest BCUT2D eigenvalue weighted by Crippen LogP contribution is 2.05. The Hall–Kier alpha value is -1.13. The molecule has 1 heterocycles. The van der Waals surface area contributed by atoms with Crippen LogP contribution in [0.1, 0.15) is 5.56 Å². The number of hydroxylamine groups is 1. The van der Waals surface area contributed by atoms with Gasteiger partial charge in [-0.2, -0.15) is 0 Å². The van der Waals surface area contributed by atoms with Gasteiger partial charge in [0.05, 0.1) is 13.5 Å². The van der Waals surface area contributed by atoms with Gasteiger partial charge in [-0.3, -0.25) is 9.63 Å². The van der Waals surface area contributed by atoms with Crippen molar-refractivity contribution in [1.29, 1.82) is 0 Å². The molecule has 4 nitrogen and oxygen atoms in total. The van der Waals surface area contributed by atoms with Gasteiger partial charge in [0.25, 0.3) is 0 Å². The molecule has 70 valence electrons. The molecule has 0 saturated carbocycles. The van der Waals surface area contributed by atoms with Crippen LogP contribution in [0.5, 0.6) is 0 Å². The summed E-state index contributed by atoms with van der Waals surface area (Å²) in [6, 6.07) is 3.38. The van der Waals surface area contributed by atoms with Gasteiger partial charge in [0.2, 0.25) is 5.91 Å². The van der Waals surface area contributed by atoms with Crippen molar-refractivity contribution in [3.05, 3.63) is 29.0 Å². The summed E-state index contributed by atoms with van der Waals surface area (Å²) in [4.78, 5) is 19.3. The van der Waals surface area contributed by atoms with E-state index in [0.29, 0.717) is 5.15 Å². The smallest absolute Gasteiger partial charge is 0.247 e. The number of rotatable bonds is 3. The maximum absolute atomic E-state index is 11.0. The summed E-state index contributed by atoms with van der Waals surface area (Å²) in [6.45, 7) is 0. The first kappa shape index (κ1) is 9.95. The monoisotopic (exact) mass is 200 g/mol. The normalized spacial score (nSPS) is 9.69. The second-order valence-corrected chi connectivity index (χ2v) is 2.78. The largest absolute Gasteiger partial charge is 0.277 e. The van der Waals surface area contributed by atoms with Crippen LogP contribution in [-0.4, -0.2) is 18.0 Å². The molecule has 1 aromatic rings. The Morgan fingerprint density at radius 2 is 2.46 bits per heavy atom. The molecule has 0 aromatic carbocycles. The van der Waals surface area contributed by atoms with Crippen molar-refractivity contribution in [2.75, 3.05) is 7.11 Å². The maximum atomic E-state index is 11.0. The van der Waals surface area contributed by atoms with Crippen molar-refractivity contribution in [3.63, 3.8) is 0 Å². The zero-order chi connectivity index (χ0) is 9.68. The minimum absolute atomic E-state index is 0.216. The fraction of sp³-hybridized carbons (Fsp3) is 0.250. The predicted octanol–water partition coefficient (Wildman–Crippen LogP) is 0.955. The molecule has 0 aliphatic heterocycles. The van der Waals surface area contributed by atoms with Crippen LogP contribution in [0, 0.1) is 0 Å². The van der Waals surface area contributed by atoms with Crippen molar-refractivity contribution >= 4 is 17.5 Å². The van der Waals surface area contributed by atoms with Crippen LogP contribution in [0.2, 0.25) is 5.15 Å². The quantitative estimate of drug-likeness (QED) is 0.584. The number of halogens is 1. The first-order chi connectivity index (χ1) is 6.22. The Balaban J connectivity index is 2.54. The first-order valence-corrected chi connectivity index (χ1v) is 4.02. The Labute approximate surface area is 80.8 Å². The Kier molecular flexibility index (Phi) is 3.67. The zero-order valence-corrected chi connectivity index (χ0v) is 7.84. The molecule has 1 N–H and O–H groups in total. The summed E-state index contributed by atoms with van der Waals surface area (Å²) < 4.78 is 0. The van der Waals surface area contributed by atoms with Crippen molar-refractivity contribution in [1.82, 2.24) is 10.5 Å². The van der Waals surface area contributed by atoms with Gasteiger partial charge in [-0.05, 0) is 11.6 Å². The van der Waals surface area contributed by atoms with E-state index in [1.807, 2.05) is 0 Å². The number of hydrogen-bond acceptors (Lipinski definition) is 3. The molecule has 0 spiro atoms. The standard InChI is InChI=1S/C8H9ClN2O2/c1-13-11-8(12)4-6-2-3-7(9)10-5-6/h2-3,5H,4H2,1H3,(H,11,12). The first-order valence-electron chi connectivity index (χ1n) is 3.64. The third kappa shape index (κ3) is 3.40. The minimum atomic E-state index is -0.216. The number of amides is 1. The van der Waals surface area contributed by atoms with E-state index in [2.05, 4.69) is 15.3 Å². The van der Waals surface area contributed by atoms with E-state index in [0.717, 1.165) is 5.56 Å². The number of nitrogens with one attached hydrogen (secondary N) is 1. The predicted molar refractivity (Wildman–Crippen MR) is 48.1 cm³/mol. The Morgan fingerprint density at radius 3 is 3.00 bits per heavy atom. The van der Waals surface area contributed by atoms with Gasteiger partial charge in [-0.25, -0.2) is 10.5 Å². The number of pyridine rings is 1. The maximum Gasteiger partial charge on any atom is 0.247 e. The van der Waals surface area contributed by atoms with E-state index in [4.69, 9.17) is 11.6 Å². The number of aromatic nitrogens is 1. The molecular weight excluding hydrogens is 192 g/mol. The number of carbonyl (C=O) groups excluding carboxylic acids is 1. The molecule has 0 radical (unpaired) electrons. The van der Waals surface area contributed by atoms with Gasteiger partial charge in [-0.15, -0.1) is 0 Å². The van der Waals surface area contributed by atoms with E-state index < -0.39 is 0 Å². The van der Waals surface area contributed by atoms with Crippen LogP contribution in [0.15, 0.2) is 18.3 Å². The summed E-state index contributed by atoms with van der Waals surface area (Å²) >= 11 is 5.57. The van der Waals surface area contributed by atoms with Gasteiger partial charge in [0.15, 0.2) is 0 Å². The minimum Gasteiger partial charge on any atom is -0.277 e. The highest BCUT2D eigenvalue weighted by Gasteiger charge is 2.02. The second kappa shape index (κ2) is 4.79. The lowest BCUT2D eigenvalue weighted by Crippen LogP contribution is -2.23. The van der Waals surface area contributed by atoms with Crippen LogP contribution in [0.3, 0.4) is 0 Å². The zero-order valence-electron chi connectivity index (χ0n) is 7.08. The Morgan fingerprint density at radius 1 is 1.69 bits per heavy atom. The molecule has 0 bridgehead atoms. The van der Waals surface area contributed by atoms with E-state index in [1.165, 1.54) is 7.11 Å².